The normalized spacial score (nSPS) is 14.9. The number of benzene rings is 1. The second-order valence-corrected chi connectivity index (χ2v) is 7.70. The summed E-state index contributed by atoms with van der Waals surface area (Å²) in [5.41, 5.74) is 0. The fourth-order valence-corrected chi connectivity index (χ4v) is 3.75. The Morgan fingerprint density at radius 2 is 1.96 bits per heavy atom. The third-order valence-electron chi connectivity index (χ3n) is 4.45. The van der Waals surface area contributed by atoms with Crippen LogP contribution in [0.4, 0.5) is 15.0 Å². The second-order valence-electron chi connectivity index (χ2n) is 6.12. The molecule has 0 aliphatic carbocycles. The standard InChI is InChI=1S/C18H21FN4O2S2/c1-22(18(24)25-27-15-5-3-13(19)4-6-15)14-8-11-23(12-9-14)16-7-10-20-17(21-16)26-2/h3-7,10,14H,8-9,11-12H2,1-2H3. The van der Waals surface area contributed by atoms with Crippen LogP contribution in [0.1, 0.15) is 12.8 Å². The van der Waals surface area contributed by atoms with Crippen LogP contribution in [0.15, 0.2) is 46.6 Å². The van der Waals surface area contributed by atoms with Crippen molar-refractivity contribution in [3.63, 3.8) is 0 Å². The van der Waals surface area contributed by atoms with E-state index in [0.29, 0.717) is 4.90 Å². The largest absolute Gasteiger partial charge is 0.422 e. The summed E-state index contributed by atoms with van der Waals surface area (Å²) in [7, 11) is 1.75. The quantitative estimate of drug-likeness (QED) is 0.420. The Bertz CT molecular complexity index is 770. The third kappa shape index (κ3) is 5.26. The van der Waals surface area contributed by atoms with Crippen LogP contribution < -0.4 is 4.90 Å². The Labute approximate surface area is 166 Å². The summed E-state index contributed by atoms with van der Waals surface area (Å²) in [5.74, 6) is 0.604. The lowest BCUT2D eigenvalue weighted by Crippen LogP contribution is -2.45. The van der Waals surface area contributed by atoms with E-state index in [1.807, 2.05) is 12.3 Å². The maximum atomic E-state index is 12.9. The van der Waals surface area contributed by atoms with E-state index in [1.54, 1.807) is 30.3 Å². The van der Waals surface area contributed by atoms with Gasteiger partial charge in [0.15, 0.2) is 5.16 Å². The van der Waals surface area contributed by atoms with Crippen LogP contribution in [-0.4, -0.2) is 53.4 Å². The molecular weight excluding hydrogens is 387 g/mol. The monoisotopic (exact) mass is 408 g/mol. The summed E-state index contributed by atoms with van der Waals surface area (Å²) in [5, 5.41) is 0.758. The molecule has 2 heterocycles. The zero-order valence-electron chi connectivity index (χ0n) is 15.2. The van der Waals surface area contributed by atoms with Gasteiger partial charge in [-0.2, -0.15) is 0 Å². The van der Waals surface area contributed by atoms with Crippen LogP contribution in [-0.2, 0) is 4.18 Å². The number of anilines is 1. The van der Waals surface area contributed by atoms with Crippen molar-refractivity contribution in [3.05, 3.63) is 42.3 Å². The van der Waals surface area contributed by atoms with Crippen molar-refractivity contribution in [3.8, 4) is 0 Å². The number of aromatic nitrogens is 2. The number of piperidine rings is 1. The van der Waals surface area contributed by atoms with Crippen molar-refractivity contribution in [1.82, 2.24) is 14.9 Å². The summed E-state index contributed by atoms with van der Waals surface area (Å²) < 4.78 is 18.2. The zero-order chi connectivity index (χ0) is 19.2. The third-order valence-corrected chi connectivity index (χ3v) is 5.70. The predicted octanol–water partition coefficient (Wildman–Crippen LogP) is 4.08. The molecule has 3 rings (SSSR count). The maximum Gasteiger partial charge on any atom is 0.422 e. The lowest BCUT2D eigenvalue weighted by atomic mass is 10.0. The fraction of sp³-hybridized carbons (Fsp3) is 0.389. The molecule has 27 heavy (non-hydrogen) atoms. The summed E-state index contributed by atoms with van der Waals surface area (Å²) >= 11 is 2.46. The Hall–Kier alpha value is -2.00. The van der Waals surface area contributed by atoms with Crippen molar-refractivity contribution in [2.75, 3.05) is 31.3 Å². The van der Waals surface area contributed by atoms with E-state index in [2.05, 4.69) is 14.9 Å². The van der Waals surface area contributed by atoms with Crippen molar-refractivity contribution in [2.45, 2.75) is 28.9 Å². The smallest absolute Gasteiger partial charge is 0.370 e. The molecule has 0 unspecified atom stereocenters. The minimum Gasteiger partial charge on any atom is -0.370 e. The van der Waals surface area contributed by atoms with E-state index in [9.17, 15) is 9.18 Å². The number of carbonyl (C=O) groups is 1. The number of nitrogens with zero attached hydrogens (tertiary/aromatic N) is 4. The van der Waals surface area contributed by atoms with E-state index >= 15 is 0 Å². The highest BCUT2D eigenvalue weighted by Gasteiger charge is 2.27. The minimum atomic E-state index is -0.394. The number of hydrogen-bond acceptors (Lipinski definition) is 7. The Morgan fingerprint density at radius 1 is 1.26 bits per heavy atom. The van der Waals surface area contributed by atoms with Crippen LogP contribution in [0, 0.1) is 5.82 Å². The summed E-state index contributed by atoms with van der Waals surface area (Å²) in [6.45, 7) is 1.64. The molecule has 9 heteroatoms. The number of thioether (sulfide) groups is 1. The van der Waals surface area contributed by atoms with E-state index in [4.69, 9.17) is 4.18 Å². The Morgan fingerprint density at radius 3 is 2.63 bits per heavy atom. The molecule has 1 aliphatic heterocycles. The average molecular weight is 409 g/mol. The molecule has 1 aromatic heterocycles. The van der Waals surface area contributed by atoms with Gasteiger partial charge in [-0.05, 0) is 49.4 Å². The molecule has 0 N–H and O–H groups in total. The van der Waals surface area contributed by atoms with E-state index in [-0.39, 0.29) is 11.9 Å². The highest BCUT2D eigenvalue weighted by atomic mass is 32.2. The van der Waals surface area contributed by atoms with Gasteiger partial charge in [-0.1, -0.05) is 11.8 Å². The molecule has 0 radical (unpaired) electrons. The second kappa shape index (κ2) is 9.27. The first-order valence-electron chi connectivity index (χ1n) is 8.55. The average Bonchev–Trinajstić information content (AvgIpc) is 2.72. The maximum absolute atomic E-state index is 12.9. The molecule has 1 fully saturated rings. The van der Waals surface area contributed by atoms with Gasteiger partial charge in [0.25, 0.3) is 0 Å². The summed E-state index contributed by atoms with van der Waals surface area (Å²) in [6, 6.07) is 7.87. The summed E-state index contributed by atoms with van der Waals surface area (Å²) in [4.78, 5) is 25.6. The topological polar surface area (TPSA) is 58.6 Å². The zero-order valence-corrected chi connectivity index (χ0v) is 16.8. The molecule has 0 atom stereocenters. The van der Waals surface area contributed by atoms with Gasteiger partial charge in [-0.3, -0.25) is 0 Å². The van der Waals surface area contributed by atoms with E-state index in [0.717, 1.165) is 48.9 Å². The fourth-order valence-electron chi connectivity index (χ4n) is 2.87. The van der Waals surface area contributed by atoms with Crippen molar-refractivity contribution < 1.29 is 13.4 Å². The molecule has 0 saturated carbocycles. The molecule has 2 aromatic rings. The van der Waals surface area contributed by atoms with Gasteiger partial charge in [0.2, 0.25) is 0 Å². The molecule has 6 nitrogen and oxygen atoms in total. The molecule has 144 valence electrons. The van der Waals surface area contributed by atoms with Crippen LogP contribution in [0.5, 0.6) is 0 Å². The molecular formula is C18H21FN4O2S2. The highest BCUT2D eigenvalue weighted by molar-refractivity contribution is 7.98. The van der Waals surface area contributed by atoms with Crippen molar-refractivity contribution in [1.29, 1.82) is 0 Å². The number of hydrogen-bond donors (Lipinski definition) is 0. The molecule has 1 amide bonds. The SMILES string of the molecule is CSc1nccc(N2CCC(N(C)C(=O)OSc3ccc(F)cc3)CC2)n1. The first kappa shape index (κ1) is 19.8. The van der Waals surface area contributed by atoms with Gasteiger partial charge >= 0.3 is 6.09 Å². The van der Waals surface area contributed by atoms with E-state index < -0.39 is 6.09 Å². The lowest BCUT2D eigenvalue weighted by molar-refractivity contribution is 0.144. The van der Waals surface area contributed by atoms with Crippen molar-refractivity contribution in [2.24, 2.45) is 0 Å². The molecule has 0 spiro atoms. The van der Waals surface area contributed by atoms with Gasteiger partial charge in [0, 0.05) is 37.3 Å². The molecule has 1 aromatic carbocycles. The van der Waals surface area contributed by atoms with Crippen LogP contribution in [0.25, 0.3) is 0 Å². The van der Waals surface area contributed by atoms with Crippen LogP contribution in [0.2, 0.25) is 0 Å². The van der Waals surface area contributed by atoms with Gasteiger partial charge in [0.05, 0.1) is 12.0 Å². The predicted molar refractivity (Wildman–Crippen MR) is 106 cm³/mol. The van der Waals surface area contributed by atoms with Gasteiger partial charge in [-0.25, -0.2) is 19.2 Å². The van der Waals surface area contributed by atoms with Gasteiger partial charge in [0.1, 0.15) is 11.6 Å². The first-order valence-corrected chi connectivity index (χ1v) is 10.5. The first-order chi connectivity index (χ1) is 13.1. The Balaban J connectivity index is 1.49. The Kier molecular flexibility index (Phi) is 6.78. The molecule has 1 aliphatic rings. The lowest BCUT2D eigenvalue weighted by Gasteiger charge is -2.36. The van der Waals surface area contributed by atoms with Crippen LogP contribution >= 0.6 is 23.8 Å². The van der Waals surface area contributed by atoms with Crippen molar-refractivity contribution >= 4 is 35.7 Å². The van der Waals surface area contributed by atoms with Gasteiger partial charge < -0.3 is 14.0 Å². The van der Waals surface area contributed by atoms with E-state index in [1.165, 1.54) is 23.9 Å². The summed E-state index contributed by atoms with van der Waals surface area (Å²) in [6.07, 6.45) is 5.01. The number of amides is 1. The number of halogens is 1. The minimum absolute atomic E-state index is 0.115. The number of rotatable bonds is 5. The number of carbonyl (C=O) groups excluding carboxylic acids is 1. The highest BCUT2D eigenvalue weighted by Crippen LogP contribution is 2.24. The molecule has 1 saturated heterocycles. The molecule has 0 bridgehead atoms. The van der Waals surface area contributed by atoms with Gasteiger partial charge in [-0.15, -0.1) is 0 Å². The van der Waals surface area contributed by atoms with Crippen LogP contribution in [0.3, 0.4) is 0 Å².